The van der Waals surface area contributed by atoms with E-state index in [4.69, 9.17) is 0 Å². The number of aromatic nitrogens is 4. The van der Waals surface area contributed by atoms with Gasteiger partial charge in [0.2, 0.25) is 0 Å². The maximum Gasteiger partial charge on any atom is 2.00 e. The summed E-state index contributed by atoms with van der Waals surface area (Å²) in [5.74, 6) is 0. The SMILES string of the molecule is [Pt+2].[c-]1c(Sc2[c-]c(-n3cc4ccccc4n3)ccc2)cccc1-n1cc2ccccc2n1. The van der Waals surface area contributed by atoms with Crippen molar-refractivity contribution >= 4 is 33.6 Å². The van der Waals surface area contributed by atoms with E-state index in [1.807, 2.05) is 82.4 Å². The predicted octanol–water partition coefficient (Wildman–Crippen LogP) is 6.11. The molecule has 0 spiro atoms. The molecule has 4 nitrogen and oxygen atoms in total. The Morgan fingerprint density at radius 3 is 1.50 bits per heavy atom. The van der Waals surface area contributed by atoms with Crippen LogP contribution < -0.4 is 0 Å². The third-order valence-electron chi connectivity index (χ3n) is 5.05. The second-order valence-corrected chi connectivity index (χ2v) is 8.25. The summed E-state index contributed by atoms with van der Waals surface area (Å²) in [4.78, 5) is 2.02. The van der Waals surface area contributed by atoms with Crippen LogP contribution in [-0.4, -0.2) is 19.6 Å². The standard InChI is InChI=1S/C26H16N4S.Pt/c1-3-13-25-19(7-1)17-29(27-25)21-9-5-11-23(15-21)31-24-12-6-10-22(16-24)30-18-20-8-2-4-14-26(20)28-30;/h1-14,17-18H;/q-2;+2. The smallest absolute Gasteiger partial charge is 0.264 e. The molecule has 0 aliphatic rings. The molecule has 2 heterocycles. The van der Waals surface area contributed by atoms with Gasteiger partial charge in [-0.05, 0) is 23.5 Å². The van der Waals surface area contributed by atoms with Crippen molar-refractivity contribution in [2.24, 2.45) is 0 Å². The average molecular weight is 612 g/mol. The first-order valence-corrected chi connectivity index (χ1v) is 10.8. The third kappa shape index (κ3) is 4.02. The van der Waals surface area contributed by atoms with Gasteiger partial charge in [0.05, 0.1) is 11.0 Å². The Morgan fingerprint density at radius 2 is 1.03 bits per heavy atom. The van der Waals surface area contributed by atoms with E-state index in [1.165, 1.54) is 0 Å². The molecule has 0 aliphatic heterocycles. The van der Waals surface area contributed by atoms with Gasteiger partial charge in [-0.15, -0.1) is 45.8 Å². The molecule has 0 radical (unpaired) electrons. The summed E-state index contributed by atoms with van der Waals surface area (Å²) < 4.78 is 3.76. The van der Waals surface area contributed by atoms with E-state index in [0.29, 0.717) is 0 Å². The molecule has 6 rings (SSSR count). The molecule has 0 fully saturated rings. The molecule has 0 saturated carbocycles. The van der Waals surface area contributed by atoms with Gasteiger partial charge in [0.25, 0.3) is 0 Å². The van der Waals surface area contributed by atoms with Gasteiger partial charge in [0, 0.05) is 23.2 Å². The van der Waals surface area contributed by atoms with Gasteiger partial charge in [0.15, 0.2) is 0 Å². The van der Waals surface area contributed by atoms with Crippen LogP contribution in [0.1, 0.15) is 0 Å². The van der Waals surface area contributed by atoms with Crippen LogP contribution in [0.3, 0.4) is 0 Å². The minimum Gasteiger partial charge on any atom is -0.264 e. The molecular formula is C26H16N4PtS. The fourth-order valence-corrected chi connectivity index (χ4v) is 4.39. The van der Waals surface area contributed by atoms with E-state index >= 15 is 0 Å². The van der Waals surface area contributed by atoms with Crippen LogP contribution in [0.5, 0.6) is 0 Å². The Morgan fingerprint density at radius 1 is 0.562 bits per heavy atom. The van der Waals surface area contributed by atoms with E-state index in [1.54, 1.807) is 11.8 Å². The van der Waals surface area contributed by atoms with E-state index in [-0.39, 0.29) is 21.1 Å². The van der Waals surface area contributed by atoms with Crippen LogP contribution in [0, 0.1) is 12.1 Å². The molecule has 0 atom stereocenters. The Labute approximate surface area is 204 Å². The molecule has 0 unspecified atom stereocenters. The van der Waals surface area contributed by atoms with Crippen LogP contribution in [0.4, 0.5) is 0 Å². The minimum atomic E-state index is 0. The number of fused-ring (bicyclic) bond motifs is 2. The molecule has 4 aromatic carbocycles. The van der Waals surface area contributed by atoms with Gasteiger partial charge in [-0.2, -0.15) is 34.5 Å². The van der Waals surface area contributed by atoms with Crippen molar-refractivity contribution in [1.29, 1.82) is 0 Å². The molecule has 32 heavy (non-hydrogen) atoms. The Balaban J connectivity index is 0.00000216. The molecule has 0 saturated heterocycles. The molecule has 0 aliphatic carbocycles. The summed E-state index contributed by atoms with van der Waals surface area (Å²) in [6.07, 6.45) is 4.06. The summed E-state index contributed by atoms with van der Waals surface area (Å²) in [6.45, 7) is 0. The molecule has 0 bridgehead atoms. The van der Waals surface area contributed by atoms with Crippen molar-refractivity contribution < 1.29 is 21.1 Å². The van der Waals surface area contributed by atoms with E-state index < -0.39 is 0 Å². The largest absolute Gasteiger partial charge is 2.00 e. The quantitative estimate of drug-likeness (QED) is 0.226. The zero-order valence-electron chi connectivity index (χ0n) is 16.8. The Kier molecular flexibility index (Phi) is 5.69. The van der Waals surface area contributed by atoms with Gasteiger partial charge in [-0.3, -0.25) is 9.36 Å². The van der Waals surface area contributed by atoms with Crippen molar-refractivity contribution in [3.8, 4) is 11.4 Å². The van der Waals surface area contributed by atoms with Crippen molar-refractivity contribution in [3.05, 3.63) is 109 Å². The zero-order chi connectivity index (χ0) is 20.6. The van der Waals surface area contributed by atoms with Crippen LogP contribution in [0.25, 0.3) is 33.2 Å². The van der Waals surface area contributed by atoms with Gasteiger partial charge in [-0.25, -0.2) is 0 Å². The van der Waals surface area contributed by atoms with Crippen LogP contribution >= 0.6 is 11.8 Å². The van der Waals surface area contributed by atoms with Crippen LogP contribution in [-0.2, 0) is 21.1 Å². The zero-order valence-corrected chi connectivity index (χ0v) is 19.8. The number of benzene rings is 4. The first kappa shape index (κ1) is 20.7. The van der Waals surface area contributed by atoms with Crippen LogP contribution in [0.2, 0.25) is 0 Å². The maximum absolute atomic E-state index is 4.66. The van der Waals surface area contributed by atoms with Gasteiger partial charge >= 0.3 is 21.1 Å². The summed E-state index contributed by atoms with van der Waals surface area (Å²) >= 11 is 1.63. The average Bonchev–Trinajstić information content (AvgIpc) is 3.44. The van der Waals surface area contributed by atoms with Gasteiger partial charge in [0.1, 0.15) is 0 Å². The third-order valence-corrected chi connectivity index (χ3v) is 5.96. The fraction of sp³-hybridized carbons (Fsp3) is 0. The second kappa shape index (κ2) is 8.77. The first-order chi connectivity index (χ1) is 15.3. The molecule has 6 heteroatoms. The minimum absolute atomic E-state index is 0. The van der Waals surface area contributed by atoms with Crippen molar-refractivity contribution in [1.82, 2.24) is 19.6 Å². The molecule has 0 N–H and O–H groups in total. The van der Waals surface area contributed by atoms with E-state index in [2.05, 4.69) is 46.6 Å². The predicted molar refractivity (Wildman–Crippen MR) is 124 cm³/mol. The number of nitrogens with zero attached hydrogens (tertiary/aromatic N) is 4. The summed E-state index contributed by atoms with van der Waals surface area (Å²) in [5.41, 5.74) is 3.77. The summed E-state index contributed by atoms with van der Waals surface area (Å²) in [7, 11) is 0. The van der Waals surface area contributed by atoms with Crippen molar-refractivity contribution in [3.63, 3.8) is 0 Å². The Hall–Kier alpha value is -3.14. The number of hydrogen-bond acceptors (Lipinski definition) is 3. The van der Waals surface area contributed by atoms with Gasteiger partial charge in [-0.1, -0.05) is 36.4 Å². The second-order valence-electron chi connectivity index (χ2n) is 7.17. The number of rotatable bonds is 4. The van der Waals surface area contributed by atoms with Gasteiger partial charge < -0.3 is 0 Å². The molecule has 0 amide bonds. The molecule has 2 aromatic heterocycles. The fourth-order valence-electron chi connectivity index (χ4n) is 3.55. The summed E-state index contributed by atoms with van der Waals surface area (Å²) in [5, 5.41) is 11.5. The molecular weight excluding hydrogens is 595 g/mol. The van der Waals surface area contributed by atoms with Crippen molar-refractivity contribution in [2.75, 3.05) is 0 Å². The van der Waals surface area contributed by atoms with Crippen molar-refractivity contribution in [2.45, 2.75) is 9.79 Å². The molecule has 6 aromatic rings. The maximum atomic E-state index is 4.66. The normalized spacial score (nSPS) is 11.0. The topological polar surface area (TPSA) is 35.6 Å². The van der Waals surface area contributed by atoms with E-state index in [9.17, 15) is 0 Å². The number of hydrogen-bond donors (Lipinski definition) is 0. The summed E-state index contributed by atoms with van der Waals surface area (Å²) in [6, 6.07) is 35.4. The van der Waals surface area contributed by atoms with E-state index in [0.717, 1.165) is 43.0 Å². The van der Waals surface area contributed by atoms with Crippen LogP contribution in [0.15, 0.2) is 107 Å². The monoisotopic (exact) mass is 611 g/mol. The first-order valence-electron chi connectivity index (χ1n) is 9.94. The Bertz CT molecular complexity index is 1350. The molecule has 156 valence electrons.